The zero-order valence-electron chi connectivity index (χ0n) is 12.9. The standard InChI is InChI=1S/C19H21NO2/c1-3-12-20(18-11-7-8-16(2)13-18)14-19(21)22-15-17-9-5-4-6-10-17/h3-11,13H,1,12,14-15H2,2H3. The number of aryl methyl sites for hydroxylation is 1. The lowest BCUT2D eigenvalue weighted by molar-refractivity contribution is -0.143. The van der Waals surface area contributed by atoms with Gasteiger partial charge in [0, 0.05) is 12.2 Å². The maximum Gasteiger partial charge on any atom is 0.325 e. The molecule has 0 unspecified atom stereocenters. The van der Waals surface area contributed by atoms with Crippen LogP contribution in [0, 0.1) is 6.92 Å². The second-order valence-electron chi connectivity index (χ2n) is 5.15. The molecule has 0 heterocycles. The second kappa shape index (κ2) is 8.03. The lowest BCUT2D eigenvalue weighted by Crippen LogP contribution is -2.31. The Morgan fingerprint density at radius 1 is 1.18 bits per heavy atom. The highest BCUT2D eigenvalue weighted by molar-refractivity contribution is 5.76. The van der Waals surface area contributed by atoms with Crippen LogP contribution in [0.4, 0.5) is 5.69 Å². The van der Waals surface area contributed by atoms with Gasteiger partial charge in [0.2, 0.25) is 0 Å². The van der Waals surface area contributed by atoms with E-state index in [-0.39, 0.29) is 12.5 Å². The Morgan fingerprint density at radius 3 is 2.64 bits per heavy atom. The monoisotopic (exact) mass is 295 g/mol. The average molecular weight is 295 g/mol. The Balaban J connectivity index is 1.95. The number of rotatable bonds is 7. The summed E-state index contributed by atoms with van der Waals surface area (Å²) in [6, 6.07) is 17.7. The minimum atomic E-state index is -0.243. The smallest absolute Gasteiger partial charge is 0.325 e. The molecule has 114 valence electrons. The molecule has 0 amide bonds. The van der Waals surface area contributed by atoms with Crippen LogP contribution in [0.2, 0.25) is 0 Å². The number of nitrogens with zero attached hydrogens (tertiary/aromatic N) is 1. The third-order valence-corrected chi connectivity index (χ3v) is 3.28. The van der Waals surface area contributed by atoms with Crippen LogP contribution in [0.25, 0.3) is 0 Å². The second-order valence-corrected chi connectivity index (χ2v) is 5.15. The molecule has 0 N–H and O–H groups in total. The predicted octanol–water partition coefficient (Wildman–Crippen LogP) is 3.73. The zero-order valence-corrected chi connectivity index (χ0v) is 12.9. The van der Waals surface area contributed by atoms with E-state index in [1.54, 1.807) is 6.08 Å². The van der Waals surface area contributed by atoms with Gasteiger partial charge in [-0.2, -0.15) is 0 Å². The summed E-state index contributed by atoms with van der Waals surface area (Å²) in [7, 11) is 0. The fourth-order valence-electron chi connectivity index (χ4n) is 2.18. The van der Waals surface area contributed by atoms with Crippen molar-refractivity contribution < 1.29 is 9.53 Å². The Bertz CT molecular complexity index is 622. The molecule has 0 radical (unpaired) electrons. The Kier molecular flexibility index (Phi) is 5.78. The summed E-state index contributed by atoms with van der Waals surface area (Å²) < 4.78 is 5.34. The molecule has 2 rings (SSSR count). The number of esters is 1. The molecule has 0 aliphatic rings. The highest BCUT2D eigenvalue weighted by atomic mass is 16.5. The Morgan fingerprint density at radius 2 is 1.95 bits per heavy atom. The number of carbonyl (C=O) groups excluding carboxylic acids is 1. The van der Waals surface area contributed by atoms with Crippen LogP contribution in [0.5, 0.6) is 0 Å². The summed E-state index contributed by atoms with van der Waals surface area (Å²) in [5.41, 5.74) is 3.14. The molecule has 2 aromatic carbocycles. The molecule has 0 spiro atoms. The lowest BCUT2D eigenvalue weighted by Gasteiger charge is -2.22. The number of anilines is 1. The fraction of sp³-hybridized carbons (Fsp3) is 0.211. The maximum absolute atomic E-state index is 12.1. The molecule has 0 aliphatic carbocycles. The Hall–Kier alpha value is -2.55. The largest absolute Gasteiger partial charge is 0.459 e. The van der Waals surface area contributed by atoms with E-state index in [1.165, 1.54) is 0 Å². The van der Waals surface area contributed by atoms with Crippen molar-refractivity contribution in [3.05, 3.63) is 78.4 Å². The molecular weight excluding hydrogens is 274 g/mol. The molecule has 22 heavy (non-hydrogen) atoms. The van der Waals surface area contributed by atoms with Gasteiger partial charge >= 0.3 is 5.97 Å². The molecule has 0 aliphatic heterocycles. The summed E-state index contributed by atoms with van der Waals surface area (Å²) in [4.78, 5) is 14.0. The highest BCUT2D eigenvalue weighted by Crippen LogP contribution is 2.16. The number of hydrogen-bond donors (Lipinski definition) is 0. The van der Waals surface area contributed by atoms with Gasteiger partial charge < -0.3 is 9.64 Å². The SMILES string of the molecule is C=CCN(CC(=O)OCc1ccccc1)c1cccc(C)c1. The first-order chi connectivity index (χ1) is 10.7. The van der Waals surface area contributed by atoms with Crippen molar-refractivity contribution in [2.45, 2.75) is 13.5 Å². The van der Waals surface area contributed by atoms with E-state index in [4.69, 9.17) is 4.74 Å². The molecule has 2 aromatic rings. The molecule has 0 bridgehead atoms. The summed E-state index contributed by atoms with van der Waals surface area (Å²) in [6.45, 7) is 6.90. The van der Waals surface area contributed by atoms with Gasteiger partial charge in [-0.25, -0.2) is 0 Å². The topological polar surface area (TPSA) is 29.5 Å². The Labute approximate surface area is 131 Å². The van der Waals surface area contributed by atoms with Crippen LogP contribution in [-0.2, 0) is 16.1 Å². The van der Waals surface area contributed by atoms with Crippen LogP contribution in [0.15, 0.2) is 67.3 Å². The van der Waals surface area contributed by atoms with Crippen molar-refractivity contribution in [3.8, 4) is 0 Å². The lowest BCUT2D eigenvalue weighted by atomic mass is 10.2. The molecule has 0 fully saturated rings. The molecule has 0 saturated heterocycles. The van der Waals surface area contributed by atoms with Crippen molar-refractivity contribution >= 4 is 11.7 Å². The van der Waals surface area contributed by atoms with Gasteiger partial charge in [0.05, 0.1) is 0 Å². The van der Waals surface area contributed by atoms with Gasteiger partial charge in [-0.05, 0) is 30.2 Å². The van der Waals surface area contributed by atoms with E-state index in [0.717, 1.165) is 16.8 Å². The van der Waals surface area contributed by atoms with Gasteiger partial charge in [-0.3, -0.25) is 4.79 Å². The van der Waals surface area contributed by atoms with Crippen molar-refractivity contribution in [2.75, 3.05) is 18.0 Å². The first-order valence-corrected chi connectivity index (χ1v) is 7.31. The van der Waals surface area contributed by atoms with E-state index < -0.39 is 0 Å². The average Bonchev–Trinajstić information content (AvgIpc) is 2.53. The third-order valence-electron chi connectivity index (χ3n) is 3.28. The maximum atomic E-state index is 12.1. The zero-order chi connectivity index (χ0) is 15.8. The highest BCUT2D eigenvalue weighted by Gasteiger charge is 2.12. The van der Waals surface area contributed by atoms with Crippen LogP contribution >= 0.6 is 0 Å². The van der Waals surface area contributed by atoms with E-state index in [9.17, 15) is 4.79 Å². The molecule has 0 saturated carbocycles. The summed E-state index contributed by atoms with van der Waals surface area (Å²) in [5.74, 6) is -0.243. The molecule has 3 nitrogen and oxygen atoms in total. The summed E-state index contributed by atoms with van der Waals surface area (Å²) >= 11 is 0. The van der Waals surface area contributed by atoms with E-state index in [0.29, 0.717) is 13.2 Å². The minimum absolute atomic E-state index is 0.211. The fourth-order valence-corrected chi connectivity index (χ4v) is 2.18. The first kappa shape index (κ1) is 15.8. The number of hydrogen-bond acceptors (Lipinski definition) is 3. The number of carbonyl (C=O) groups is 1. The number of benzene rings is 2. The van der Waals surface area contributed by atoms with E-state index in [1.807, 2.05) is 66.4 Å². The van der Waals surface area contributed by atoms with Crippen molar-refractivity contribution in [1.82, 2.24) is 0 Å². The van der Waals surface area contributed by atoms with E-state index >= 15 is 0 Å². The van der Waals surface area contributed by atoms with Gasteiger partial charge in [0.25, 0.3) is 0 Å². The van der Waals surface area contributed by atoms with Crippen molar-refractivity contribution in [2.24, 2.45) is 0 Å². The normalized spacial score (nSPS) is 10.0. The molecule has 3 heteroatoms. The summed E-state index contributed by atoms with van der Waals surface area (Å²) in [6.07, 6.45) is 1.78. The first-order valence-electron chi connectivity index (χ1n) is 7.31. The van der Waals surface area contributed by atoms with Crippen LogP contribution in [0.3, 0.4) is 0 Å². The molecular formula is C19H21NO2. The summed E-state index contributed by atoms with van der Waals surface area (Å²) in [5, 5.41) is 0. The van der Waals surface area contributed by atoms with Crippen molar-refractivity contribution in [1.29, 1.82) is 0 Å². The minimum Gasteiger partial charge on any atom is -0.459 e. The van der Waals surface area contributed by atoms with Crippen molar-refractivity contribution in [3.63, 3.8) is 0 Å². The van der Waals surface area contributed by atoms with Gasteiger partial charge in [0.15, 0.2) is 0 Å². The van der Waals surface area contributed by atoms with Crippen LogP contribution < -0.4 is 4.90 Å². The molecule has 0 atom stereocenters. The molecule has 0 aromatic heterocycles. The van der Waals surface area contributed by atoms with Gasteiger partial charge in [-0.1, -0.05) is 48.5 Å². The van der Waals surface area contributed by atoms with E-state index in [2.05, 4.69) is 6.58 Å². The quantitative estimate of drug-likeness (QED) is 0.576. The predicted molar refractivity (Wildman–Crippen MR) is 89.8 cm³/mol. The third kappa shape index (κ3) is 4.77. The van der Waals surface area contributed by atoms with Crippen LogP contribution in [0.1, 0.15) is 11.1 Å². The number of ether oxygens (including phenoxy) is 1. The van der Waals surface area contributed by atoms with Gasteiger partial charge in [-0.15, -0.1) is 6.58 Å². The van der Waals surface area contributed by atoms with Gasteiger partial charge in [0.1, 0.15) is 13.2 Å². The van der Waals surface area contributed by atoms with Crippen LogP contribution in [-0.4, -0.2) is 19.1 Å².